The molecule has 1 aromatic rings. The van der Waals surface area contributed by atoms with Crippen molar-refractivity contribution < 1.29 is 23.9 Å². The van der Waals surface area contributed by atoms with Crippen LogP contribution >= 0.6 is 0 Å². The van der Waals surface area contributed by atoms with Crippen LogP contribution in [0.25, 0.3) is 0 Å². The standard InChI is InChI=1S/C18H22N4O5/c1-18(2,3)20-17(26)19-14(23)11-27-16(25)13-9-10-15(24)22(21-13)12-7-5-4-6-8-12/h4-8H,9-11H2,1-3H3,(H2,19,20,23,26). The first-order valence-electron chi connectivity index (χ1n) is 8.40. The van der Waals surface area contributed by atoms with Crippen molar-refractivity contribution in [2.24, 2.45) is 5.10 Å². The molecular weight excluding hydrogens is 352 g/mol. The lowest BCUT2D eigenvalue weighted by molar-refractivity contribution is -0.142. The zero-order valence-corrected chi connectivity index (χ0v) is 15.4. The van der Waals surface area contributed by atoms with E-state index >= 15 is 0 Å². The molecule has 0 bridgehead atoms. The van der Waals surface area contributed by atoms with Crippen LogP contribution in [0, 0.1) is 0 Å². The summed E-state index contributed by atoms with van der Waals surface area (Å²) in [7, 11) is 0. The number of urea groups is 1. The third kappa shape index (κ3) is 6.21. The number of carbonyl (C=O) groups excluding carboxylic acids is 4. The number of hydrogen-bond donors (Lipinski definition) is 2. The molecule has 0 spiro atoms. The van der Waals surface area contributed by atoms with E-state index in [1.165, 1.54) is 0 Å². The molecule has 0 radical (unpaired) electrons. The van der Waals surface area contributed by atoms with Crippen LogP contribution in [0.5, 0.6) is 0 Å². The minimum absolute atomic E-state index is 0.0328. The summed E-state index contributed by atoms with van der Waals surface area (Å²) in [5, 5.41) is 9.79. The number of hydrazone groups is 1. The molecule has 2 rings (SSSR count). The summed E-state index contributed by atoms with van der Waals surface area (Å²) >= 11 is 0. The molecule has 2 N–H and O–H groups in total. The average molecular weight is 374 g/mol. The Hall–Kier alpha value is -3.23. The number of hydrogen-bond acceptors (Lipinski definition) is 6. The van der Waals surface area contributed by atoms with Gasteiger partial charge in [0.25, 0.3) is 5.91 Å². The maximum absolute atomic E-state index is 12.1. The van der Waals surface area contributed by atoms with Gasteiger partial charge in [-0.15, -0.1) is 0 Å². The van der Waals surface area contributed by atoms with E-state index in [2.05, 4.69) is 15.7 Å². The van der Waals surface area contributed by atoms with Crippen molar-refractivity contribution in [2.75, 3.05) is 11.6 Å². The second kappa shape index (κ2) is 8.43. The van der Waals surface area contributed by atoms with Crippen LogP contribution in [0.3, 0.4) is 0 Å². The highest BCUT2D eigenvalue weighted by atomic mass is 16.5. The predicted molar refractivity (Wildman–Crippen MR) is 98.0 cm³/mol. The van der Waals surface area contributed by atoms with Gasteiger partial charge in [-0.05, 0) is 32.9 Å². The molecule has 9 heteroatoms. The summed E-state index contributed by atoms with van der Waals surface area (Å²) in [6, 6.07) is 7.99. The Morgan fingerprint density at radius 1 is 1.15 bits per heavy atom. The summed E-state index contributed by atoms with van der Waals surface area (Å²) in [6.07, 6.45) is 0.218. The van der Waals surface area contributed by atoms with E-state index in [1.807, 2.05) is 0 Å². The molecule has 1 aliphatic heterocycles. The summed E-state index contributed by atoms with van der Waals surface area (Å²) in [5.74, 6) is -1.82. The van der Waals surface area contributed by atoms with Gasteiger partial charge in [0.15, 0.2) is 6.61 Å². The Bertz CT molecular complexity index is 768. The van der Waals surface area contributed by atoms with Gasteiger partial charge in [-0.1, -0.05) is 18.2 Å². The molecule has 9 nitrogen and oxygen atoms in total. The number of carbonyl (C=O) groups is 4. The van der Waals surface area contributed by atoms with Gasteiger partial charge >= 0.3 is 12.0 Å². The van der Waals surface area contributed by atoms with Gasteiger partial charge in [0.2, 0.25) is 5.91 Å². The molecule has 0 saturated carbocycles. The Kier molecular flexibility index (Phi) is 6.27. The fraction of sp³-hybridized carbons (Fsp3) is 0.389. The molecule has 1 heterocycles. The lowest BCUT2D eigenvalue weighted by Crippen LogP contribution is -2.49. The molecule has 1 aliphatic rings. The van der Waals surface area contributed by atoms with Gasteiger partial charge in [-0.3, -0.25) is 14.9 Å². The van der Waals surface area contributed by atoms with Gasteiger partial charge < -0.3 is 10.1 Å². The number of para-hydroxylation sites is 1. The van der Waals surface area contributed by atoms with Crippen LogP contribution in [0.15, 0.2) is 35.4 Å². The van der Waals surface area contributed by atoms with Crippen LogP contribution in [0.1, 0.15) is 33.6 Å². The molecular formula is C18H22N4O5. The van der Waals surface area contributed by atoms with Crippen LogP contribution < -0.4 is 15.6 Å². The number of anilines is 1. The van der Waals surface area contributed by atoms with Crippen molar-refractivity contribution in [1.29, 1.82) is 0 Å². The quantitative estimate of drug-likeness (QED) is 0.771. The number of ether oxygens (including phenoxy) is 1. The van der Waals surface area contributed by atoms with Crippen LogP contribution in [0.2, 0.25) is 0 Å². The van der Waals surface area contributed by atoms with Gasteiger partial charge in [0.05, 0.1) is 5.69 Å². The van der Waals surface area contributed by atoms with E-state index < -0.39 is 30.1 Å². The number of rotatable bonds is 4. The number of esters is 1. The van der Waals surface area contributed by atoms with E-state index in [0.717, 1.165) is 5.01 Å². The van der Waals surface area contributed by atoms with Crippen molar-refractivity contribution >= 4 is 35.2 Å². The first-order valence-corrected chi connectivity index (χ1v) is 8.40. The molecule has 0 atom stereocenters. The van der Waals surface area contributed by atoms with Gasteiger partial charge in [0, 0.05) is 18.4 Å². The number of benzene rings is 1. The Morgan fingerprint density at radius 2 is 1.81 bits per heavy atom. The number of nitrogens with one attached hydrogen (secondary N) is 2. The Labute approximate surface area is 156 Å². The minimum atomic E-state index is -0.810. The molecule has 0 aromatic heterocycles. The molecule has 0 saturated heterocycles. The largest absolute Gasteiger partial charge is 0.451 e. The molecule has 1 aromatic carbocycles. The second-order valence-electron chi connectivity index (χ2n) is 6.92. The summed E-state index contributed by atoms with van der Waals surface area (Å²) in [6.45, 7) is 4.66. The van der Waals surface area contributed by atoms with Crippen LogP contribution in [0.4, 0.5) is 10.5 Å². The smallest absolute Gasteiger partial charge is 0.355 e. The van der Waals surface area contributed by atoms with E-state index in [9.17, 15) is 19.2 Å². The fourth-order valence-electron chi connectivity index (χ4n) is 2.22. The average Bonchev–Trinajstić information content (AvgIpc) is 2.59. The van der Waals surface area contributed by atoms with Gasteiger partial charge in [0.1, 0.15) is 5.71 Å². The fourth-order valence-corrected chi connectivity index (χ4v) is 2.22. The highest BCUT2D eigenvalue weighted by molar-refractivity contribution is 6.38. The van der Waals surface area contributed by atoms with Crippen LogP contribution in [-0.2, 0) is 19.1 Å². The maximum atomic E-state index is 12.1. The summed E-state index contributed by atoms with van der Waals surface area (Å²) in [5.41, 5.74) is 0.0557. The zero-order valence-electron chi connectivity index (χ0n) is 15.4. The lowest BCUT2D eigenvalue weighted by Gasteiger charge is -2.22. The third-order valence-electron chi connectivity index (χ3n) is 3.34. The summed E-state index contributed by atoms with van der Waals surface area (Å²) < 4.78 is 4.89. The molecule has 0 aliphatic carbocycles. The molecule has 0 unspecified atom stereocenters. The first-order chi connectivity index (χ1) is 12.7. The van der Waals surface area contributed by atoms with Crippen molar-refractivity contribution in [3.05, 3.63) is 30.3 Å². The lowest BCUT2D eigenvalue weighted by atomic mass is 10.1. The Balaban J connectivity index is 1.92. The van der Waals surface area contributed by atoms with Crippen molar-refractivity contribution in [2.45, 2.75) is 39.2 Å². The number of nitrogens with zero attached hydrogens (tertiary/aromatic N) is 2. The topological polar surface area (TPSA) is 117 Å². The van der Waals surface area contributed by atoms with Crippen LogP contribution in [-0.4, -0.2) is 41.7 Å². The Morgan fingerprint density at radius 3 is 2.44 bits per heavy atom. The van der Waals surface area contributed by atoms with Gasteiger partial charge in [-0.2, -0.15) is 5.10 Å². The van der Waals surface area contributed by atoms with E-state index in [0.29, 0.717) is 5.69 Å². The van der Waals surface area contributed by atoms with E-state index in [4.69, 9.17) is 4.74 Å². The monoisotopic (exact) mass is 374 g/mol. The van der Waals surface area contributed by atoms with E-state index in [1.54, 1.807) is 51.1 Å². The third-order valence-corrected chi connectivity index (χ3v) is 3.34. The zero-order chi connectivity index (χ0) is 20.0. The van der Waals surface area contributed by atoms with Gasteiger partial charge in [-0.25, -0.2) is 14.6 Å². The molecule has 144 valence electrons. The normalized spacial score (nSPS) is 14.3. The van der Waals surface area contributed by atoms with Crippen molar-refractivity contribution in [3.63, 3.8) is 0 Å². The number of imide groups is 1. The number of amides is 4. The highest BCUT2D eigenvalue weighted by Gasteiger charge is 2.27. The maximum Gasteiger partial charge on any atom is 0.355 e. The van der Waals surface area contributed by atoms with Crippen molar-refractivity contribution in [1.82, 2.24) is 10.6 Å². The SMILES string of the molecule is CC(C)(C)NC(=O)NC(=O)COC(=O)C1=NN(c2ccccc2)C(=O)CC1. The summed E-state index contributed by atoms with van der Waals surface area (Å²) in [4.78, 5) is 47.5. The molecule has 4 amide bonds. The highest BCUT2D eigenvalue weighted by Crippen LogP contribution is 2.19. The van der Waals surface area contributed by atoms with Crippen molar-refractivity contribution in [3.8, 4) is 0 Å². The predicted octanol–water partition coefficient (Wildman–Crippen LogP) is 1.34. The molecule has 27 heavy (non-hydrogen) atoms. The van der Waals surface area contributed by atoms with E-state index in [-0.39, 0.29) is 24.5 Å². The second-order valence-corrected chi connectivity index (χ2v) is 6.92. The first kappa shape index (κ1) is 20.1. The molecule has 0 fully saturated rings. The minimum Gasteiger partial charge on any atom is -0.451 e.